The summed E-state index contributed by atoms with van der Waals surface area (Å²) in [4.78, 5) is 27.5. The molecule has 2 aromatic carbocycles. The van der Waals surface area contributed by atoms with Crippen molar-refractivity contribution in [3.05, 3.63) is 65.9 Å². The zero-order valence-corrected chi connectivity index (χ0v) is 17.4. The SMILES string of the molecule is CCOC(=O)C(Cc1ccc(OCCc2c[nH]c3ccccc23)cc1)C(=O)OCC. The van der Waals surface area contributed by atoms with E-state index in [0.717, 1.165) is 23.3 Å². The minimum atomic E-state index is -0.960. The van der Waals surface area contributed by atoms with Gasteiger partial charge in [0.1, 0.15) is 5.75 Å². The molecule has 1 aromatic heterocycles. The lowest BCUT2D eigenvalue weighted by Crippen LogP contribution is -2.30. The number of nitrogens with one attached hydrogen (secondary N) is 1. The third-order valence-corrected chi connectivity index (χ3v) is 4.82. The second-order valence-electron chi connectivity index (χ2n) is 6.86. The third kappa shape index (κ3) is 5.41. The van der Waals surface area contributed by atoms with Crippen LogP contribution in [0.25, 0.3) is 10.9 Å². The molecule has 0 aliphatic carbocycles. The molecule has 0 aliphatic heterocycles. The Morgan fingerprint density at radius 1 is 0.933 bits per heavy atom. The van der Waals surface area contributed by atoms with Crippen LogP contribution in [-0.4, -0.2) is 36.7 Å². The Kier molecular flexibility index (Phi) is 7.49. The van der Waals surface area contributed by atoms with Crippen LogP contribution in [0.5, 0.6) is 5.75 Å². The first-order valence-corrected chi connectivity index (χ1v) is 10.2. The van der Waals surface area contributed by atoms with Gasteiger partial charge in [0, 0.05) is 23.5 Å². The molecule has 0 saturated carbocycles. The molecular formula is C24H27NO5. The van der Waals surface area contributed by atoms with Gasteiger partial charge in [0.25, 0.3) is 0 Å². The molecule has 0 saturated heterocycles. The molecule has 3 rings (SSSR count). The van der Waals surface area contributed by atoms with Crippen LogP contribution >= 0.6 is 0 Å². The molecule has 0 amide bonds. The number of fused-ring (bicyclic) bond motifs is 1. The van der Waals surface area contributed by atoms with Crippen LogP contribution in [0.4, 0.5) is 0 Å². The predicted molar refractivity (Wildman–Crippen MR) is 114 cm³/mol. The molecule has 0 fully saturated rings. The third-order valence-electron chi connectivity index (χ3n) is 4.82. The number of hydrogen-bond acceptors (Lipinski definition) is 5. The van der Waals surface area contributed by atoms with E-state index in [9.17, 15) is 9.59 Å². The van der Waals surface area contributed by atoms with Gasteiger partial charge in [-0.05, 0) is 49.6 Å². The molecule has 1 N–H and O–H groups in total. The largest absolute Gasteiger partial charge is 0.493 e. The lowest BCUT2D eigenvalue weighted by Gasteiger charge is -2.14. The van der Waals surface area contributed by atoms with E-state index in [-0.39, 0.29) is 19.6 Å². The van der Waals surface area contributed by atoms with E-state index in [0.29, 0.717) is 6.61 Å². The van der Waals surface area contributed by atoms with Gasteiger partial charge in [0.15, 0.2) is 5.92 Å². The molecule has 0 bridgehead atoms. The summed E-state index contributed by atoms with van der Waals surface area (Å²) in [5.41, 5.74) is 3.17. The highest BCUT2D eigenvalue weighted by molar-refractivity contribution is 5.95. The summed E-state index contributed by atoms with van der Waals surface area (Å²) in [7, 11) is 0. The monoisotopic (exact) mass is 409 g/mol. The van der Waals surface area contributed by atoms with Crippen LogP contribution in [0.2, 0.25) is 0 Å². The van der Waals surface area contributed by atoms with Crippen molar-refractivity contribution in [1.82, 2.24) is 4.98 Å². The first-order chi connectivity index (χ1) is 14.6. The maximum absolute atomic E-state index is 12.1. The van der Waals surface area contributed by atoms with Crippen molar-refractivity contribution in [1.29, 1.82) is 0 Å². The highest BCUT2D eigenvalue weighted by atomic mass is 16.6. The quantitative estimate of drug-likeness (QED) is 0.403. The van der Waals surface area contributed by atoms with Gasteiger partial charge in [-0.25, -0.2) is 0 Å². The summed E-state index contributed by atoms with van der Waals surface area (Å²) in [6, 6.07) is 15.6. The number of benzene rings is 2. The highest BCUT2D eigenvalue weighted by Crippen LogP contribution is 2.20. The molecule has 0 aliphatic rings. The van der Waals surface area contributed by atoms with E-state index in [1.807, 2.05) is 42.6 Å². The van der Waals surface area contributed by atoms with Crippen molar-refractivity contribution in [3.8, 4) is 5.75 Å². The summed E-state index contributed by atoms with van der Waals surface area (Å²) in [6.45, 7) is 4.41. The van der Waals surface area contributed by atoms with Crippen LogP contribution in [0, 0.1) is 5.92 Å². The zero-order valence-electron chi connectivity index (χ0n) is 17.4. The fourth-order valence-electron chi connectivity index (χ4n) is 3.32. The number of esters is 2. The van der Waals surface area contributed by atoms with Gasteiger partial charge < -0.3 is 19.2 Å². The number of carbonyl (C=O) groups is 2. The second kappa shape index (κ2) is 10.5. The maximum atomic E-state index is 12.1. The lowest BCUT2D eigenvalue weighted by molar-refractivity contribution is -0.161. The number of ether oxygens (including phenoxy) is 3. The summed E-state index contributed by atoms with van der Waals surface area (Å²) in [5.74, 6) is -1.34. The van der Waals surface area contributed by atoms with Gasteiger partial charge in [-0.1, -0.05) is 30.3 Å². The van der Waals surface area contributed by atoms with Gasteiger partial charge >= 0.3 is 11.9 Å². The minimum absolute atomic E-state index is 0.220. The number of carbonyl (C=O) groups excluding carboxylic acids is 2. The lowest BCUT2D eigenvalue weighted by atomic mass is 9.99. The number of para-hydroxylation sites is 1. The highest BCUT2D eigenvalue weighted by Gasteiger charge is 2.29. The Balaban J connectivity index is 1.56. The number of H-pyrrole nitrogens is 1. The normalized spacial score (nSPS) is 10.9. The zero-order chi connectivity index (χ0) is 21.3. The number of rotatable bonds is 10. The van der Waals surface area contributed by atoms with Crippen LogP contribution in [-0.2, 0) is 31.9 Å². The average Bonchev–Trinajstić information content (AvgIpc) is 3.16. The van der Waals surface area contributed by atoms with Crippen LogP contribution < -0.4 is 4.74 Å². The van der Waals surface area contributed by atoms with E-state index in [1.165, 1.54) is 10.9 Å². The summed E-state index contributed by atoms with van der Waals surface area (Å²) < 4.78 is 15.9. The Morgan fingerprint density at radius 3 is 2.27 bits per heavy atom. The average molecular weight is 409 g/mol. The molecule has 3 aromatic rings. The van der Waals surface area contributed by atoms with Crippen LogP contribution in [0.3, 0.4) is 0 Å². The number of aromatic amines is 1. The number of hydrogen-bond donors (Lipinski definition) is 1. The van der Waals surface area contributed by atoms with Crippen molar-refractivity contribution in [3.63, 3.8) is 0 Å². The second-order valence-corrected chi connectivity index (χ2v) is 6.86. The molecule has 1 heterocycles. The fourth-order valence-corrected chi connectivity index (χ4v) is 3.32. The van der Waals surface area contributed by atoms with Gasteiger partial charge in [0.2, 0.25) is 0 Å². The van der Waals surface area contributed by atoms with Crippen LogP contribution in [0.1, 0.15) is 25.0 Å². The van der Waals surface area contributed by atoms with Crippen molar-refractivity contribution < 1.29 is 23.8 Å². The maximum Gasteiger partial charge on any atom is 0.320 e. The van der Waals surface area contributed by atoms with Crippen LogP contribution in [0.15, 0.2) is 54.7 Å². The topological polar surface area (TPSA) is 77.6 Å². The first kappa shape index (κ1) is 21.4. The van der Waals surface area contributed by atoms with Gasteiger partial charge in [-0.3, -0.25) is 9.59 Å². The minimum Gasteiger partial charge on any atom is -0.493 e. The van der Waals surface area contributed by atoms with Gasteiger partial charge in [-0.15, -0.1) is 0 Å². The van der Waals surface area contributed by atoms with E-state index in [1.54, 1.807) is 13.8 Å². The molecule has 6 nitrogen and oxygen atoms in total. The summed E-state index contributed by atoms with van der Waals surface area (Å²) in [6.07, 6.45) is 3.04. The molecule has 0 unspecified atom stereocenters. The summed E-state index contributed by atoms with van der Waals surface area (Å²) in [5, 5.41) is 1.21. The van der Waals surface area contributed by atoms with E-state index in [4.69, 9.17) is 14.2 Å². The smallest absolute Gasteiger partial charge is 0.320 e. The van der Waals surface area contributed by atoms with Gasteiger partial charge in [-0.2, -0.15) is 0 Å². The predicted octanol–water partition coefficient (Wildman–Crippen LogP) is 4.07. The van der Waals surface area contributed by atoms with Gasteiger partial charge in [0.05, 0.1) is 19.8 Å². The standard InChI is InChI=1S/C24H27NO5/c1-3-28-23(26)21(24(27)29-4-2)15-17-9-11-19(12-10-17)30-14-13-18-16-25-22-8-6-5-7-20(18)22/h5-12,16,21,25H,3-4,13-15H2,1-2H3. The molecule has 0 radical (unpaired) electrons. The Hall–Kier alpha value is -3.28. The Labute approximate surface area is 176 Å². The Morgan fingerprint density at radius 2 is 1.60 bits per heavy atom. The van der Waals surface area contributed by atoms with Crippen molar-refractivity contribution in [2.24, 2.45) is 5.92 Å². The fraction of sp³-hybridized carbons (Fsp3) is 0.333. The van der Waals surface area contributed by atoms with Crippen molar-refractivity contribution in [2.75, 3.05) is 19.8 Å². The van der Waals surface area contributed by atoms with Crippen molar-refractivity contribution in [2.45, 2.75) is 26.7 Å². The van der Waals surface area contributed by atoms with E-state index in [2.05, 4.69) is 17.1 Å². The first-order valence-electron chi connectivity index (χ1n) is 10.2. The molecule has 0 spiro atoms. The summed E-state index contributed by atoms with van der Waals surface area (Å²) >= 11 is 0. The van der Waals surface area contributed by atoms with Crippen molar-refractivity contribution >= 4 is 22.8 Å². The molecule has 6 heteroatoms. The Bertz CT molecular complexity index is 959. The molecule has 0 atom stereocenters. The molecule has 158 valence electrons. The van der Waals surface area contributed by atoms with E-state index < -0.39 is 17.9 Å². The molecule has 30 heavy (non-hydrogen) atoms. The molecular weight excluding hydrogens is 382 g/mol. The van der Waals surface area contributed by atoms with E-state index >= 15 is 0 Å². The number of aromatic nitrogens is 1.